The van der Waals surface area contributed by atoms with Crippen LogP contribution in [0.3, 0.4) is 0 Å². The lowest BCUT2D eigenvalue weighted by atomic mass is 10.2. The third-order valence-corrected chi connectivity index (χ3v) is 6.13. The number of rotatable bonds is 9. The molecular weight excluding hydrogens is 448 g/mol. The van der Waals surface area contributed by atoms with Gasteiger partial charge in [0.25, 0.3) is 0 Å². The summed E-state index contributed by atoms with van der Waals surface area (Å²) < 4.78 is 3.03. The van der Waals surface area contributed by atoms with Crippen molar-refractivity contribution in [2.24, 2.45) is 0 Å². The Balaban J connectivity index is 1.83. The minimum absolute atomic E-state index is 0.0210. The standard InChI is InChI=1S/C22H25BrN4OS/c1-3-9-16(2)24-20(28)15-29-22-26-25-21(18-12-7-8-13-19(18)23)27(22)14-17-10-5-4-6-11-17/h4-8,10-13,16H,3,9,14-15H2,1-2H3,(H,24,28). The lowest BCUT2D eigenvalue weighted by Gasteiger charge is -2.13. The predicted octanol–water partition coefficient (Wildman–Crippen LogP) is 5.15. The Bertz CT molecular complexity index is 945. The summed E-state index contributed by atoms with van der Waals surface area (Å²) in [5.74, 6) is 1.12. The fourth-order valence-corrected chi connectivity index (χ4v) is 4.31. The van der Waals surface area contributed by atoms with Gasteiger partial charge in [-0.05, 0) is 25.0 Å². The van der Waals surface area contributed by atoms with Gasteiger partial charge in [0, 0.05) is 16.1 Å². The van der Waals surface area contributed by atoms with Crippen molar-refractivity contribution in [3.05, 3.63) is 64.6 Å². The molecule has 1 N–H and O–H groups in total. The van der Waals surface area contributed by atoms with Crippen molar-refractivity contribution in [1.29, 1.82) is 0 Å². The van der Waals surface area contributed by atoms with Crippen LogP contribution in [0.1, 0.15) is 32.3 Å². The second kappa shape index (κ2) is 10.6. The third-order valence-electron chi connectivity index (χ3n) is 4.48. The summed E-state index contributed by atoms with van der Waals surface area (Å²) in [6.07, 6.45) is 2.03. The highest BCUT2D eigenvalue weighted by Gasteiger charge is 2.18. The molecule has 0 saturated carbocycles. The lowest BCUT2D eigenvalue weighted by Crippen LogP contribution is -2.33. The zero-order valence-electron chi connectivity index (χ0n) is 16.6. The molecule has 0 aliphatic rings. The maximum absolute atomic E-state index is 12.3. The molecule has 0 saturated heterocycles. The fraction of sp³-hybridized carbons (Fsp3) is 0.318. The third kappa shape index (κ3) is 5.93. The Morgan fingerprint density at radius 3 is 2.59 bits per heavy atom. The molecule has 1 unspecified atom stereocenters. The molecule has 5 nitrogen and oxygen atoms in total. The van der Waals surface area contributed by atoms with Gasteiger partial charge in [0.05, 0.1) is 12.3 Å². The smallest absolute Gasteiger partial charge is 0.230 e. The van der Waals surface area contributed by atoms with Crippen LogP contribution in [0, 0.1) is 0 Å². The summed E-state index contributed by atoms with van der Waals surface area (Å²) in [5.41, 5.74) is 2.13. The summed E-state index contributed by atoms with van der Waals surface area (Å²) in [6, 6.07) is 18.4. The van der Waals surface area contributed by atoms with Gasteiger partial charge in [-0.25, -0.2) is 0 Å². The van der Waals surface area contributed by atoms with Gasteiger partial charge in [-0.2, -0.15) is 0 Å². The van der Waals surface area contributed by atoms with Gasteiger partial charge in [-0.1, -0.05) is 89.6 Å². The van der Waals surface area contributed by atoms with Gasteiger partial charge < -0.3 is 5.32 Å². The van der Waals surface area contributed by atoms with Crippen molar-refractivity contribution in [2.75, 3.05) is 5.75 Å². The van der Waals surface area contributed by atoms with E-state index in [1.54, 1.807) is 0 Å². The summed E-state index contributed by atoms with van der Waals surface area (Å²) in [7, 11) is 0. The Morgan fingerprint density at radius 2 is 1.86 bits per heavy atom. The monoisotopic (exact) mass is 472 g/mol. The first-order chi connectivity index (χ1) is 14.1. The Hall–Kier alpha value is -2.12. The van der Waals surface area contributed by atoms with Gasteiger partial charge in [-0.3, -0.25) is 9.36 Å². The largest absolute Gasteiger partial charge is 0.353 e. The van der Waals surface area contributed by atoms with Crippen molar-refractivity contribution in [2.45, 2.75) is 44.4 Å². The van der Waals surface area contributed by atoms with Crippen LogP contribution >= 0.6 is 27.7 Å². The number of carbonyl (C=O) groups is 1. The molecule has 0 radical (unpaired) electrons. The van der Waals surface area contributed by atoms with Crippen molar-refractivity contribution in [1.82, 2.24) is 20.1 Å². The topological polar surface area (TPSA) is 59.8 Å². The van der Waals surface area contributed by atoms with Crippen LogP contribution in [0.25, 0.3) is 11.4 Å². The van der Waals surface area contributed by atoms with Crippen molar-refractivity contribution in [3.8, 4) is 11.4 Å². The number of nitrogens with zero attached hydrogens (tertiary/aromatic N) is 3. The van der Waals surface area contributed by atoms with E-state index in [1.807, 2.05) is 49.4 Å². The van der Waals surface area contributed by atoms with E-state index in [4.69, 9.17) is 0 Å². The second-order valence-corrected chi connectivity index (χ2v) is 8.70. The maximum Gasteiger partial charge on any atom is 0.230 e. The Morgan fingerprint density at radius 1 is 1.14 bits per heavy atom. The molecule has 7 heteroatoms. The van der Waals surface area contributed by atoms with Crippen LogP contribution in [0.4, 0.5) is 0 Å². The molecular formula is C22H25BrN4OS. The molecule has 2 aromatic carbocycles. The van der Waals surface area contributed by atoms with Crippen LogP contribution in [-0.2, 0) is 11.3 Å². The van der Waals surface area contributed by atoms with E-state index in [1.165, 1.54) is 11.8 Å². The number of hydrogen-bond acceptors (Lipinski definition) is 4. The molecule has 1 heterocycles. The number of benzene rings is 2. The average molecular weight is 473 g/mol. The number of hydrogen-bond donors (Lipinski definition) is 1. The van der Waals surface area contributed by atoms with E-state index in [-0.39, 0.29) is 11.9 Å². The van der Waals surface area contributed by atoms with Gasteiger partial charge in [0.1, 0.15) is 0 Å². The number of aromatic nitrogens is 3. The molecule has 3 aromatic rings. The fourth-order valence-electron chi connectivity index (χ4n) is 3.10. The lowest BCUT2D eigenvalue weighted by molar-refractivity contribution is -0.119. The van der Waals surface area contributed by atoms with Crippen LogP contribution in [0.2, 0.25) is 0 Å². The number of nitrogens with one attached hydrogen (secondary N) is 1. The van der Waals surface area contributed by atoms with Gasteiger partial charge >= 0.3 is 0 Å². The Labute approximate surface area is 184 Å². The highest BCUT2D eigenvalue weighted by molar-refractivity contribution is 9.10. The molecule has 0 fully saturated rings. The van der Waals surface area contributed by atoms with Crippen LogP contribution < -0.4 is 5.32 Å². The molecule has 152 valence electrons. The first-order valence-corrected chi connectivity index (χ1v) is 11.5. The molecule has 0 aliphatic carbocycles. The van der Waals surface area contributed by atoms with E-state index >= 15 is 0 Å². The van der Waals surface area contributed by atoms with E-state index in [0.717, 1.165) is 39.4 Å². The zero-order valence-corrected chi connectivity index (χ0v) is 19.0. The maximum atomic E-state index is 12.3. The molecule has 0 spiro atoms. The van der Waals surface area contributed by atoms with E-state index in [9.17, 15) is 4.79 Å². The molecule has 1 aromatic heterocycles. The SMILES string of the molecule is CCCC(C)NC(=O)CSc1nnc(-c2ccccc2Br)n1Cc1ccccc1. The quantitative estimate of drug-likeness (QED) is 0.437. The second-order valence-electron chi connectivity index (χ2n) is 6.90. The van der Waals surface area contributed by atoms with Crippen LogP contribution in [0.15, 0.2) is 64.2 Å². The van der Waals surface area contributed by atoms with Crippen molar-refractivity contribution in [3.63, 3.8) is 0 Å². The van der Waals surface area contributed by atoms with Crippen LogP contribution in [-0.4, -0.2) is 32.5 Å². The van der Waals surface area contributed by atoms with Crippen molar-refractivity contribution < 1.29 is 4.79 Å². The van der Waals surface area contributed by atoms with E-state index < -0.39 is 0 Å². The van der Waals surface area contributed by atoms with E-state index in [0.29, 0.717) is 12.3 Å². The number of thioether (sulfide) groups is 1. The molecule has 0 aliphatic heterocycles. The summed E-state index contributed by atoms with van der Waals surface area (Å²) in [4.78, 5) is 12.3. The molecule has 1 amide bonds. The minimum atomic E-state index is 0.0210. The van der Waals surface area contributed by atoms with Gasteiger partial charge in [0.2, 0.25) is 5.91 Å². The molecule has 3 rings (SSSR count). The van der Waals surface area contributed by atoms with E-state index in [2.05, 4.69) is 55.1 Å². The normalized spacial score (nSPS) is 12.0. The highest BCUT2D eigenvalue weighted by Crippen LogP contribution is 2.30. The number of amides is 1. The highest BCUT2D eigenvalue weighted by atomic mass is 79.9. The summed E-state index contributed by atoms with van der Waals surface area (Å²) in [5, 5.41) is 12.6. The summed E-state index contributed by atoms with van der Waals surface area (Å²) in [6.45, 7) is 4.79. The van der Waals surface area contributed by atoms with Gasteiger partial charge in [0.15, 0.2) is 11.0 Å². The first kappa shape index (κ1) is 21.6. The molecule has 0 bridgehead atoms. The summed E-state index contributed by atoms with van der Waals surface area (Å²) >= 11 is 5.03. The van der Waals surface area contributed by atoms with Gasteiger partial charge in [-0.15, -0.1) is 10.2 Å². The average Bonchev–Trinajstić information content (AvgIpc) is 3.10. The number of carbonyl (C=O) groups excluding carboxylic acids is 1. The van der Waals surface area contributed by atoms with Crippen LogP contribution in [0.5, 0.6) is 0 Å². The zero-order chi connectivity index (χ0) is 20.6. The number of halogens is 1. The first-order valence-electron chi connectivity index (χ1n) is 9.72. The Kier molecular flexibility index (Phi) is 7.89. The minimum Gasteiger partial charge on any atom is -0.353 e. The predicted molar refractivity (Wildman–Crippen MR) is 122 cm³/mol. The molecule has 1 atom stereocenters. The van der Waals surface area contributed by atoms with Crippen molar-refractivity contribution >= 4 is 33.6 Å². The molecule has 29 heavy (non-hydrogen) atoms.